The van der Waals surface area contributed by atoms with Crippen molar-refractivity contribution in [1.29, 1.82) is 0 Å². The second kappa shape index (κ2) is 20.5. The molecule has 434 valence electrons. The first-order valence-electron chi connectivity index (χ1n) is 29.8. The average Bonchev–Trinajstić information content (AvgIpc) is 1.39. The van der Waals surface area contributed by atoms with Gasteiger partial charge >= 0.3 is 12.0 Å². The molecule has 0 saturated carbocycles. The third-order valence-electron chi connectivity index (χ3n) is 20.0. The Morgan fingerprint density at radius 2 is 1.15 bits per heavy atom. The number of rotatable bonds is 12. The van der Waals surface area contributed by atoms with Crippen LogP contribution in [0.4, 0.5) is 24.8 Å². The Hall–Kier alpha value is -6.18. The van der Waals surface area contributed by atoms with E-state index in [0.29, 0.717) is 91.1 Å². The molecule has 8 saturated heterocycles. The van der Waals surface area contributed by atoms with E-state index >= 15 is 13.2 Å². The summed E-state index contributed by atoms with van der Waals surface area (Å²) in [6.45, 7) is 6.09. The molecule has 6 atom stereocenters. The van der Waals surface area contributed by atoms with Gasteiger partial charge in [-0.05, 0) is 142 Å². The van der Waals surface area contributed by atoms with Gasteiger partial charge in [0.2, 0.25) is 0 Å². The number of nitrogens with zero attached hydrogens (tertiary/aromatic N) is 8. The van der Waals surface area contributed by atoms with Crippen LogP contribution >= 0.6 is 34.8 Å². The molecule has 10 heterocycles. The highest BCUT2D eigenvalue weighted by molar-refractivity contribution is 6.39. The number of phenolic OH excluding ortho intramolecular Hbond substituents is 1. The number of hydrogen-bond acceptors (Lipinski definition) is 14. The molecule has 8 aliphatic heterocycles. The Labute approximate surface area is 498 Å². The first-order valence-corrected chi connectivity index (χ1v) is 31.0. The first kappa shape index (κ1) is 53.3. The number of benzene rings is 6. The molecule has 14 nitrogen and oxygen atoms in total. The van der Waals surface area contributed by atoms with Crippen LogP contribution in [0.3, 0.4) is 0 Å². The fourth-order valence-electron chi connectivity index (χ4n) is 16.1. The molecule has 8 aromatic rings. The maximum Gasteiger partial charge on any atom is 0.319 e. The number of halogens is 6. The molecule has 2 aromatic heterocycles. The number of aromatic hydroxyl groups is 1. The monoisotopic (exact) mass is 1200 g/mol. The minimum Gasteiger partial charge on any atom is -0.507 e. The summed E-state index contributed by atoms with van der Waals surface area (Å²) in [5, 5.41) is 22.0. The number of ether oxygens (including phenoxy) is 3. The molecule has 20 heteroatoms. The lowest BCUT2D eigenvalue weighted by molar-refractivity contribution is 0.00419. The Kier molecular flexibility index (Phi) is 13.0. The minimum atomic E-state index is -0.699. The van der Waals surface area contributed by atoms with E-state index in [4.69, 9.17) is 68.9 Å². The van der Waals surface area contributed by atoms with Crippen LogP contribution in [0.2, 0.25) is 15.1 Å². The zero-order chi connectivity index (χ0) is 56.8. The molecule has 3 N–H and O–H groups in total. The molecule has 6 aromatic carbocycles. The van der Waals surface area contributed by atoms with Crippen LogP contribution in [0.1, 0.15) is 77.0 Å². The van der Waals surface area contributed by atoms with Crippen LogP contribution in [0, 0.1) is 17.5 Å². The van der Waals surface area contributed by atoms with Crippen LogP contribution in [0.15, 0.2) is 72.8 Å². The maximum absolute atomic E-state index is 18.2. The van der Waals surface area contributed by atoms with E-state index in [2.05, 4.69) is 30.2 Å². The number of fused-ring (bicyclic) bond motifs is 10. The molecule has 8 fully saturated rings. The summed E-state index contributed by atoms with van der Waals surface area (Å²) in [7, 11) is 0. The number of phenols is 1. The summed E-state index contributed by atoms with van der Waals surface area (Å²) in [5.74, 6) is -0.611. The molecule has 4 bridgehead atoms. The average molecular weight is 1200 g/mol. The van der Waals surface area contributed by atoms with E-state index in [1.807, 2.05) is 30.3 Å². The smallest absolute Gasteiger partial charge is 0.319 e. The molecule has 0 amide bonds. The largest absolute Gasteiger partial charge is 0.507 e. The zero-order valence-corrected chi connectivity index (χ0v) is 48.4. The standard InChI is InChI=1S/C64H62Cl3F3N10O4/c65-45-26-43-57(73-61(82-32-63-17-3-21-79(63)22-4-18-63)75-59(43)77-28-36-10-11-37(29-77)71-36)55(69)51(45)42-25-40(24-35-8-14-47(68)54(67)50(35)42)84-49-16-20-64(19-5-23-80(49)64)33-83-62-74-58-44(60(76-62)78-30-38-12-13-39(31-78)72-38)27-46(66)53(56(58)70)52-41-7-2-1-6-34(41)9-15-48(52)81/h1-2,6-9,14-15,24-27,36-39,49,71-72,81H,3-5,10-13,16-23,28-33H2. The number of hydrogen-bond donors (Lipinski definition) is 3. The van der Waals surface area contributed by atoms with Gasteiger partial charge in [0.15, 0.2) is 17.9 Å². The SMILES string of the molecule is Oc1ccc2ccccc2c1-c1c(Cl)cc2c(N3CC4CCC(C3)N4)nc(OCC34CCCN3C(Oc3cc(-c5c(Cl)cc6c(N7CC8CCC(C7)N8)nc(OCC78CCCN7CCC8)nc6c5F)c5c(Cl)c(F)ccc5c3)CC4)nc2c1F. The number of nitrogens with one attached hydrogen (secondary N) is 2. The molecule has 16 rings (SSSR count). The van der Waals surface area contributed by atoms with Crippen molar-refractivity contribution in [2.24, 2.45) is 0 Å². The quantitative estimate of drug-likeness (QED) is 0.107. The third kappa shape index (κ3) is 8.78. The van der Waals surface area contributed by atoms with Crippen LogP contribution in [-0.2, 0) is 0 Å². The predicted molar refractivity (Wildman–Crippen MR) is 322 cm³/mol. The summed E-state index contributed by atoms with van der Waals surface area (Å²) < 4.78 is 71.8. The van der Waals surface area contributed by atoms with E-state index in [1.54, 1.807) is 36.4 Å². The van der Waals surface area contributed by atoms with Crippen molar-refractivity contribution in [2.75, 3.05) is 68.8 Å². The Balaban J connectivity index is 0.737. The predicted octanol–water partition coefficient (Wildman–Crippen LogP) is 12.6. The van der Waals surface area contributed by atoms with Gasteiger partial charge in [-0.15, -0.1) is 0 Å². The fraction of sp³-hybridized carbons (Fsp3) is 0.438. The van der Waals surface area contributed by atoms with Gasteiger partial charge in [-0.25, -0.2) is 13.2 Å². The molecule has 8 aliphatic rings. The molecule has 0 spiro atoms. The molecule has 0 radical (unpaired) electrons. The first-order chi connectivity index (χ1) is 40.9. The topological polar surface area (TPSA) is 136 Å². The highest BCUT2D eigenvalue weighted by Gasteiger charge is 2.52. The van der Waals surface area contributed by atoms with Crippen LogP contribution in [0.5, 0.6) is 23.5 Å². The van der Waals surface area contributed by atoms with Crippen LogP contribution in [0.25, 0.3) is 65.6 Å². The Morgan fingerprint density at radius 1 is 0.583 bits per heavy atom. The van der Waals surface area contributed by atoms with Gasteiger partial charge in [0, 0.05) is 96.2 Å². The van der Waals surface area contributed by atoms with Crippen molar-refractivity contribution in [2.45, 2.75) is 119 Å². The zero-order valence-electron chi connectivity index (χ0n) is 46.2. The van der Waals surface area contributed by atoms with Crippen LogP contribution in [-0.4, -0.2) is 135 Å². The summed E-state index contributed by atoms with van der Waals surface area (Å²) in [6.07, 6.45) is 11.0. The summed E-state index contributed by atoms with van der Waals surface area (Å²) in [6, 6.07) is 21.9. The Morgan fingerprint density at radius 3 is 1.81 bits per heavy atom. The fourth-order valence-corrected chi connectivity index (χ4v) is 16.9. The summed E-state index contributed by atoms with van der Waals surface area (Å²) in [4.78, 5) is 29.0. The molecule has 6 unspecified atom stereocenters. The van der Waals surface area contributed by atoms with Crippen molar-refractivity contribution >= 4 is 89.8 Å². The van der Waals surface area contributed by atoms with E-state index in [1.165, 1.54) is 6.07 Å². The number of aromatic nitrogens is 4. The van der Waals surface area contributed by atoms with Crippen molar-refractivity contribution < 1.29 is 32.5 Å². The normalized spacial score (nSPS) is 25.5. The van der Waals surface area contributed by atoms with Gasteiger partial charge in [0.05, 0.1) is 26.1 Å². The number of anilines is 2. The Bertz CT molecular complexity index is 4000. The van der Waals surface area contributed by atoms with E-state index in [-0.39, 0.29) is 108 Å². The van der Waals surface area contributed by atoms with Gasteiger partial charge in [-0.1, -0.05) is 71.2 Å². The summed E-state index contributed by atoms with van der Waals surface area (Å²) >= 11 is 21.3. The van der Waals surface area contributed by atoms with Crippen molar-refractivity contribution in [3.63, 3.8) is 0 Å². The van der Waals surface area contributed by atoms with Gasteiger partial charge in [0.1, 0.15) is 53.2 Å². The molecule has 84 heavy (non-hydrogen) atoms. The van der Waals surface area contributed by atoms with E-state index < -0.39 is 29.2 Å². The lowest BCUT2D eigenvalue weighted by Gasteiger charge is -2.35. The van der Waals surface area contributed by atoms with Crippen molar-refractivity contribution in [3.8, 4) is 45.8 Å². The van der Waals surface area contributed by atoms with Crippen molar-refractivity contribution in [1.82, 2.24) is 40.4 Å². The van der Waals surface area contributed by atoms with Gasteiger partial charge in [-0.2, -0.15) is 19.9 Å². The highest BCUT2D eigenvalue weighted by atomic mass is 35.5. The highest BCUT2D eigenvalue weighted by Crippen LogP contribution is 2.50. The van der Waals surface area contributed by atoms with Gasteiger partial charge < -0.3 is 39.8 Å². The van der Waals surface area contributed by atoms with E-state index in [9.17, 15) is 5.11 Å². The second-order valence-electron chi connectivity index (χ2n) is 24.9. The van der Waals surface area contributed by atoms with Crippen molar-refractivity contribution in [3.05, 3.63) is 105 Å². The molecular formula is C64H62Cl3F3N10O4. The lowest BCUT2D eigenvalue weighted by Crippen LogP contribution is -2.51. The number of piperazine rings is 2. The lowest BCUT2D eigenvalue weighted by atomic mass is 9.95. The molecule has 0 aliphatic carbocycles. The third-order valence-corrected chi connectivity index (χ3v) is 21.0. The summed E-state index contributed by atoms with van der Waals surface area (Å²) in [5.41, 5.74) is 0.114. The van der Waals surface area contributed by atoms with Crippen LogP contribution < -0.4 is 34.6 Å². The van der Waals surface area contributed by atoms with E-state index in [0.717, 1.165) is 82.7 Å². The maximum atomic E-state index is 18.2. The molecular weight excluding hydrogens is 1140 g/mol. The minimum absolute atomic E-state index is 0.0118. The van der Waals surface area contributed by atoms with Gasteiger partial charge in [0.25, 0.3) is 0 Å². The second-order valence-corrected chi connectivity index (χ2v) is 26.1. The van der Waals surface area contributed by atoms with Gasteiger partial charge in [-0.3, -0.25) is 9.80 Å².